The second-order valence-electron chi connectivity index (χ2n) is 5.83. The lowest BCUT2D eigenvalue weighted by molar-refractivity contribution is -0.141. The number of urea groups is 1. The van der Waals surface area contributed by atoms with Gasteiger partial charge in [0.15, 0.2) is 0 Å². The number of hydrogen-bond acceptors (Lipinski definition) is 7. The van der Waals surface area contributed by atoms with E-state index in [0.29, 0.717) is 5.76 Å². The topological polar surface area (TPSA) is 115 Å². The summed E-state index contributed by atoms with van der Waals surface area (Å²) < 4.78 is 37.2. The molecule has 0 aliphatic rings. The van der Waals surface area contributed by atoms with Crippen LogP contribution in [0.1, 0.15) is 18.2 Å². The zero-order valence-corrected chi connectivity index (χ0v) is 16.4. The maximum absolute atomic E-state index is 12.5. The van der Waals surface area contributed by atoms with Gasteiger partial charge in [-0.2, -0.15) is 8.42 Å². The molecule has 152 valence electrons. The minimum atomic E-state index is -3.61. The van der Waals surface area contributed by atoms with Gasteiger partial charge in [-0.1, -0.05) is 12.1 Å². The Balaban J connectivity index is 2.06. The van der Waals surface area contributed by atoms with Crippen molar-refractivity contribution in [2.24, 2.45) is 0 Å². The van der Waals surface area contributed by atoms with Gasteiger partial charge in [0, 0.05) is 6.54 Å². The lowest BCUT2D eigenvalue weighted by Gasteiger charge is -2.22. The van der Waals surface area contributed by atoms with E-state index in [9.17, 15) is 18.0 Å². The molecule has 0 saturated carbocycles. The van der Waals surface area contributed by atoms with Gasteiger partial charge < -0.3 is 23.6 Å². The molecule has 28 heavy (non-hydrogen) atoms. The first-order chi connectivity index (χ1) is 13.3. The monoisotopic (exact) mass is 410 g/mol. The number of amides is 2. The molecule has 0 fully saturated rings. The number of furan rings is 1. The molecule has 0 radical (unpaired) electrons. The lowest BCUT2D eigenvalue weighted by atomic mass is 10.2. The van der Waals surface area contributed by atoms with Crippen molar-refractivity contribution in [3.05, 3.63) is 54.0 Å². The van der Waals surface area contributed by atoms with Gasteiger partial charge in [-0.25, -0.2) is 4.79 Å². The summed E-state index contributed by atoms with van der Waals surface area (Å²) in [6, 6.07) is 9.26. The van der Waals surface area contributed by atoms with Crippen LogP contribution in [0, 0.1) is 0 Å². The maximum atomic E-state index is 12.5. The highest BCUT2D eigenvalue weighted by atomic mass is 32.2. The molecule has 0 spiro atoms. The number of carbonyl (C=O) groups is 2. The van der Waals surface area contributed by atoms with Crippen molar-refractivity contribution in [3.63, 3.8) is 0 Å². The number of hydrogen-bond donors (Lipinski definition) is 1. The van der Waals surface area contributed by atoms with Gasteiger partial charge in [-0.15, -0.1) is 0 Å². The molecule has 1 N–H and O–H groups in total. The first kappa shape index (κ1) is 21.3. The number of ether oxygens (including phenoxy) is 1. The third-order valence-electron chi connectivity index (χ3n) is 3.45. The Kier molecular flexibility index (Phi) is 7.44. The predicted molar refractivity (Wildman–Crippen MR) is 99.9 cm³/mol. The van der Waals surface area contributed by atoms with Crippen molar-refractivity contribution >= 4 is 22.1 Å². The zero-order valence-electron chi connectivity index (χ0n) is 15.6. The molecule has 10 heteroatoms. The number of rotatable bonds is 9. The molecule has 0 aliphatic heterocycles. The lowest BCUT2D eigenvalue weighted by Crippen LogP contribution is -2.41. The largest absolute Gasteiger partial charge is 0.467 e. The number of benzene rings is 1. The smallest absolute Gasteiger partial charge is 0.325 e. The SMILES string of the molecule is CCOC(=O)CNC(=O)N(Cc1ccc(OS(C)(=O)=O)cc1)Cc1ccco1. The van der Waals surface area contributed by atoms with E-state index in [0.717, 1.165) is 11.8 Å². The fraction of sp³-hybridized carbons (Fsp3) is 0.333. The van der Waals surface area contributed by atoms with E-state index >= 15 is 0 Å². The van der Waals surface area contributed by atoms with Crippen LogP contribution in [0.5, 0.6) is 5.75 Å². The van der Waals surface area contributed by atoms with Gasteiger partial charge in [0.1, 0.15) is 18.1 Å². The average Bonchev–Trinajstić information content (AvgIpc) is 3.13. The molecule has 2 amide bonds. The molecular formula is C18H22N2O7S. The number of esters is 1. The van der Waals surface area contributed by atoms with E-state index in [1.165, 1.54) is 23.3 Å². The van der Waals surface area contributed by atoms with Gasteiger partial charge in [0.2, 0.25) is 0 Å². The Labute approximate surface area is 163 Å². The van der Waals surface area contributed by atoms with E-state index in [4.69, 9.17) is 13.3 Å². The van der Waals surface area contributed by atoms with Gasteiger partial charge in [-0.3, -0.25) is 4.79 Å². The van der Waals surface area contributed by atoms with Crippen LogP contribution in [0.25, 0.3) is 0 Å². The van der Waals surface area contributed by atoms with E-state index in [2.05, 4.69) is 5.32 Å². The molecular weight excluding hydrogens is 388 g/mol. The van der Waals surface area contributed by atoms with Crippen LogP contribution in [-0.2, 0) is 32.7 Å². The summed E-state index contributed by atoms with van der Waals surface area (Å²) >= 11 is 0. The minimum absolute atomic E-state index is 0.176. The third-order valence-corrected chi connectivity index (χ3v) is 3.94. The first-order valence-corrected chi connectivity index (χ1v) is 10.3. The molecule has 1 heterocycles. The van der Waals surface area contributed by atoms with E-state index < -0.39 is 22.1 Å². The number of nitrogens with one attached hydrogen (secondary N) is 1. The van der Waals surface area contributed by atoms with Crippen LogP contribution in [0.3, 0.4) is 0 Å². The highest BCUT2D eigenvalue weighted by molar-refractivity contribution is 7.86. The van der Waals surface area contributed by atoms with Crippen LogP contribution in [-0.4, -0.2) is 44.7 Å². The zero-order chi connectivity index (χ0) is 20.6. The van der Waals surface area contributed by atoms with E-state index in [1.54, 1.807) is 31.2 Å². The minimum Gasteiger partial charge on any atom is -0.467 e. The van der Waals surface area contributed by atoms with Gasteiger partial charge >= 0.3 is 22.1 Å². The van der Waals surface area contributed by atoms with Crippen LogP contribution in [0.4, 0.5) is 4.79 Å². The first-order valence-electron chi connectivity index (χ1n) is 8.46. The highest BCUT2D eigenvalue weighted by Gasteiger charge is 2.17. The Hall–Kier alpha value is -3.01. The molecule has 0 aliphatic carbocycles. The van der Waals surface area contributed by atoms with Gasteiger partial charge in [0.05, 0.1) is 25.7 Å². The molecule has 1 aromatic carbocycles. The molecule has 9 nitrogen and oxygen atoms in total. The summed E-state index contributed by atoms with van der Waals surface area (Å²) in [5.74, 6) is 0.218. The third kappa shape index (κ3) is 7.31. The van der Waals surface area contributed by atoms with Crippen LogP contribution < -0.4 is 9.50 Å². The number of nitrogens with zero attached hydrogens (tertiary/aromatic N) is 1. The van der Waals surface area contributed by atoms with Crippen molar-refractivity contribution in [1.82, 2.24) is 10.2 Å². The summed E-state index contributed by atoms with van der Waals surface area (Å²) in [6.45, 7) is 2.05. The van der Waals surface area contributed by atoms with Gasteiger partial charge in [0.25, 0.3) is 0 Å². The van der Waals surface area contributed by atoms with Crippen LogP contribution in [0.2, 0.25) is 0 Å². The maximum Gasteiger partial charge on any atom is 0.325 e. The summed E-state index contributed by atoms with van der Waals surface area (Å²) in [5.41, 5.74) is 0.735. The van der Waals surface area contributed by atoms with Crippen LogP contribution >= 0.6 is 0 Å². The highest BCUT2D eigenvalue weighted by Crippen LogP contribution is 2.16. The van der Waals surface area contributed by atoms with Crippen molar-refractivity contribution in [1.29, 1.82) is 0 Å². The summed E-state index contributed by atoms with van der Waals surface area (Å²) in [4.78, 5) is 25.4. The molecule has 1 aromatic heterocycles. The Morgan fingerprint density at radius 1 is 1.14 bits per heavy atom. The molecule has 0 unspecified atom stereocenters. The predicted octanol–water partition coefficient (Wildman–Crippen LogP) is 1.89. The summed E-state index contributed by atoms with van der Waals surface area (Å²) in [6.07, 6.45) is 2.46. The van der Waals surface area contributed by atoms with E-state index in [-0.39, 0.29) is 32.0 Å². The number of carbonyl (C=O) groups excluding carboxylic acids is 2. The van der Waals surface area contributed by atoms with Crippen molar-refractivity contribution < 1.29 is 31.3 Å². The van der Waals surface area contributed by atoms with E-state index in [1.807, 2.05) is 0 Å². The molecule has 0 saturated heterocycles. The molecule has 2 rings (SSSR count). The fourth-order valence-electron chi connectivity index (χ4n) is 2.31. The Bertz CT molecular complexity index is 877. The second kappa shape index (κ2) is 9.79. The van der Waals surface area contributed by atoms with Crippen LogP contribution in [0.15, 0.2) is 47.1 Å². The average molecular weight is 410 g/mol. The normalized spacial score (nSPS) is 10.9. The molecule has 2 aromatic rings. The Morgan fingerprint density at radius 2 is 1.86 bits per heavy atom. The fourth-order valence-corrected chi connectivity index (χ4v) is 2.77. The van der Waals surface area contributed by atoms with Gasteiger partial charge in [-0.05, 0) is 36.8 Å². The second-order valence-corrected chi connectivity index (χ2v) is 7.41. The summed E-state index contributed by atoms with van der Waals surface area (Å²) in [7, 11) is -3.61. The summed E-state index contributed by atoms with van der Waals surface area (Å²) in [5, 5.41) is 2.51. The molecule has 0 bridgehead atoms. The Morgan fingerprint density at radius 3 is 2.43 bits per heavy atom. The van der Waals surface area contributed by atoms with Crippen molar-refractivity contribution in [2.45, 2.75) is 20.0 Å². The molecule has 0 atom stereocenters. The van der Waals surface area contributed by atoms with Crippen molar-refractivity contribution in [3.8, 4) is 5.75 Å². The van der Waals surface area contributed by atoms with Crippen molar-refractivity contribution in [2.75, 3.05) is 19.4 Å². The standard InChI is InChI=1S/C18H22N2O7S/c1-3-25-17(21)11-19-18(22)20(13-16-5-4-10-26-16)12-14-6-8-15(9-7-14)27-28(2,23)24/h4-10H,3,11-13H2,1-2H3,(H,19,22). The quantitative estimate of drug-likeness (QED) is 0.496.